The van der Waals surface area contributed by atoms with Gasteiger partial charge in [0.15, 0.2) is 17.3 Å². The molecule has 1 aromatic heterocycles. The molecule has 0 bridgehead atoms. The van der Waals surface area contributed by atoms with Gasteiger partial charge in [-0.3, -0.25) is 14.4 Å². The third-order valence-electron chi connectivity index (χ3n) is 9.14. The van der Waals surface area contributed by atoms with Gasteiger partial charge in [0.2, 0.25) is 10.0 Å². The van der Waals surface area contributed by atoms with Crippen LogP contribution in [0, 0.1) is 0 Å². The minimum atomic E-state index is -3.50. The van der Waals surface area contributed by atoms with Crippen LogP contribution in [0.2, 0.25) is 0 Å². The van der Waals surface area contributed by atoms with Gasteiger partial charge in [-0.2, -0.15) is 0 Å². The predicted molar refractivity (Wildman–Crippen MR) is 186 cm³/mol. The van der Waals surface area contributed by atoms with Crippen LogP contribution in [0.25, 0.3) is 11.3 Å². The van der Waals surface area contributed by atoms with E-state index >= 15 is 0 Å². The van der Waals surface area contributed by atoms with Gasteiger partial charge in [-0.1, -0.05) is 12.1 Å². The van der Waals surface area contributed by atoms with E-state index in [1.807, 2.05) is 12.1 Å². The predicted octanol–water partition coefficient (Wildman–Crippen LogP) is 3.16. The number of carbonyl (C=O) groups is 1. The number of piperazine rings is 1. The number of hydrogen-bond donors (Lipinski definition) is 4. The Morgan fingerprint density at radius 2 is 1.60 bits per heavy atom. The fourth-order valence-corrected chi connectivity index (χ4v) is 7.10. The van der Waals surface area contributed by atoms with E-state index in [-0.39, 0.29) is 17.6 Å². The molecular weight excluding hydrogens is 618 g/mol. The lowest BCUT2D eigenvalue weighted by Crippen LogP contribution is -2.52. The van der Waals surface area contributed by atoms with Crippen LogP contribution in [0.5, 0.6) is 0 Å². The van der Waals surface area contributed by atoms with Crippen LogP contribution in [0.1, 0.15) is 36.2 Å². The summed E-state index contributed by atoms with van der Waals surface area (Å²) in [7, 11) is -1.30. The summed E-state index contributed by atoms with van der Waals surface area (Å²) in [5.74, 6) is -0.0353. The lowest BCUT2D eigenvalue weighted by atomic mass is 10.0. The van der Waals surface area contributed by atoms with Crippen LogP contribution in [0.15, 0.2) is 48.5 Å². The number of rotatable bonds is 10. The summed E-state index contributed by atoms with van der Waals surface area (Å²) < 4.78 is 31.8. The van der Waals surface area contributed by atoms with E-state index in [0.717, 1.165) is 82.6 Å². The van der Waals surface area contributed by atoms with E-state index in [2.05, 4.69) is 49.2 Å². The van der Waals surface area contributed by atoms with Crippen molar-refractivity contribution in [1.29, 1.82) is 0 Å². The zero-order valence-corrected chi connectivity index (χ0v) is 27.9. The first-order valence-electron chi connectivity index (χ1n) is 16.3. The number of nitrogens with one attached hydrogen (secondary N) is 3. The second-order valence-corrected chi connectivity index (χ2v) is 14.4. The molecule has 0 saturated carbocycles. The molecule has 3 saturated heterocycles. The molecule has 47 heavy (non-hydrogen) atoms. The smallest absolute Gasteiger partial charge is 0.271 e. The number of carbonyl (C=O) groups excluding carboxylic acids is 1. The SMILES string of the molecule is CN1CCN(C2CCN(c3ccc(Nc4nc(NC5CCOCC5)c(-c5cccc(NS(C)(=O)=O)c5)nc4C(N)=O)cc3)CC2)CC1. The van der Waals surface area contributed by atoms with Gasteiger partial charge in [-0.15, -0.1) is 0 Å². The Kier molecular flexibility index (Phi) is 10.1. The third kappa shape index (κ3) is 8.49. The molecule has 4 heterocycles. The average molecular weight is 664 g/mol. The first-order valence-corrected chi connectivity index (χ1v) is 18.2. The molecule has 3 aliphatic heterocycles. The Bertz CT molecular complexity index is 1650. The van der Waals surface area contributed by atoms with Crippen molar-refractivity contribution < 1.29 is 17.9 Å². The van der Waals surface area contributed by atoms with E-state index in [1.54, 1.807) is 24.3 Å². The minimum absolute atomic E-state index is 0.0194. The highest BCUT2D eigenvalue weighted by molar-refractivity contribution is 7.92. The number of benzene rings is 2. The molecule has 0 spiro atoms. The van der Waals surface area contributed by atoms with Crippen molar-refractivity contribution in [2.45, 2.75) is 37.8 Å². The van der Waals surface area contributed by atoms with E-state index in [1.165, 1.54) is 0 Å². The molecule has 3 aromatic rings. The largest absolute Gasteiger partial charge is 0.381 e. The summed E-state index contributed by atoms with van der Waals surface area (Å²) in [6.45, 7) is 7.87. The first-order chi connectivity index (χ1) is 22.6. The number of nitrogens with zero attached hydrogens (tertiary/aromatic N) is 5. The monoisotopic (exact) mass is 663 g/mol. The number of hydrogen-bond acceptors (Lipinski definition) is 11. The molecule has 2 aromatic carbocycles. The number of anilines is 5. The maximum absolute atomic E-state index is 12.7. The zero-order chi connectivity index (χ0) is 33.0. The van der Waals surface area contributed by atoms with Crippen molar-refractivity contribution in [2.24, 2.45) is 5.73 Å². The summed E-state index contributed by atoms with van der Waals surface area (Å²) in [6, 6.07) is 15.7. The first kappa shape index (κ1) is 32.9. The second kappa shape index (κ2) is 14.4. The van der Waals surface area contributed by atoms with Crippen molar-refractivity contribution in [3.63, 3.8) is 0 Å². The Morgan fingerprint density at radius 3 is 2.26 bits per heavy atom. The number of aromatic nitrogens is 2. The molecule has 3 fully saturated rings. The Balaban J connectivity index is 1.22. The van der Waals surface area contributed by atoms with Gasteiger partial charge in [-0.05, 0) is 69.1 Å². The fraction of sp³-hybridized carbons (Fsp3) is 0.485. The van der Waals surface area contributed by atoms with Crippen LogP contribution in [0.3, 0.4) is 0 Å². The van der Waals surface area contributed by atoms with E-state index < -0.39 is 15.9 Å². The molecule has 1 amide bonds. The number of piperidine rings is 1. The normalized spacial score (nSPS) is 19.0. The minimum Gasteiger partial charge on any atom is -0.381 e. The summed E-state index contributed by atoms with van der Waals surface area (Å²) in [5, 5.41) is 6.77. The number of ether oxygens (including phenoxy) is 1. The molecule has 252 valence electrons. The molecule has 5 N–H and O–H groups in total. The topological polar surface area (TPSA) is 158 Å². The second-order valence-electron chi connectivity index (χ2n) is 12.7. The number of nitrogens with two attached hydrogens (primary N) is 1. The molecular formula is C33H45N9O4S. The van der Waals surface area contributed by atoms with Crippen LogP contribution in [-0.2, 0) is 14.8 Å². The lowest BCUT2D eigenvalue weighted by Gasteiger charge is -2.42. The zero-order valence-electron chi connectivity index (χ0n) is 27.1. The standard InChI is InChI=1S/C33H45N9O4S/c1-40-16-18-42(19-17-40)28-10-14-41(15-11-28)27-8-6-24(7-9-27)35-33-30(31(34)43)37-29(32(38-33)36-25-12-20-46-21-13-25)23-4-3-5-26(22-23)39-47(2,44)45/h3-9,22,25,28,39H,10-21H2,1-2H3,(H2,34,43)(H2,35,36,38). The molecule has 0 atom stereocenters. The molecule has 13 nitrogen and oxygen atoms in total. The summed E-state index contributed by atoms with van der Waals surface area (Å²) in [5.41, 5.74) is 9.07. The maximum atomic E-state index is 12.7. The van der Waals surface area contributed by atoms with E-state index in [4.69, 9.17) is 20.4 Å². The molecule has 14 heteroatoms. The molecule has 0 aliphatic carbocycles. The van der Waals surface area contributed by atoms with Gasteiger partial charge in [0, 0.05) is 87.2 Å². The van der Waals surface area contributed by atoms with Crippen molar-refractivity contribution >= 4 is 44.6 Å². The van der Waals surface area contributed by atoms with Crippen molar-refractivity contribution in [3.05, 3.63) is 54.2 Å². The lowest BCUT2D eigenvalue weighted by molar-refractivity contribution is 0.0904. The summed E-state index contributed by atoms with van der Waals surface area (Å²) in [4.78, 5) is 29.7. The van der Waals surface area contributed by atoms with Crippen LogP contribution >= 0.6 is 0 Å². The Labute approximate surface area is 276 Å². The van der Waals surface area contributed by atoms with E-state index in [0.29, 0.717) is 42.0 Å². The van der Waals surface area contributed by atoms with Crippen LogP contribution < -0.4 is 26.0 Å². The number of likely N-dealkylation sites (N-methyl/N-ethyl adjacent to an activating group) is 1. The van der Waals surface area contributed by atoms with Gasteiger partial charge in [0.05, 0.1) is 6.26 Å². The van der Waals surface area contributed by atoms with Crippen molar-refractivity contribution in [3.8, 4) is 11.3 Å². The van der Waals surface area contributed by atoms with Gasteiger partial charge < -0.3 is 30.9 Å². The number of primary amides is 1. The van der Waals surface area contributed by atoms with Crippen LogP contribution in [0.4, 0.5) is 28.7 Å². The van der Waals surface area contributed by atoms with Crippen molar-refractivity contribution in [2.75, 3.05) is 86.0 Å². The average Bonchev–Trinajstić information content (AvgIpc) is 3.05. The van der Waals surface area contributed by atoms with Gasteiger partial charge >= 0.3 is 0 Å². The van der Waals surface area contributed by atoms with Crippen LogP contribution in [-0.4, -0.2) is 112 Å². The van der Waals surface area contributed by atoms with Gasteiger partial charge in [0.1, 0.15) is 5.69 Å². The van der Waals surface area contributed by atoms with Gasteiger partial charge in [0.25, 0.3) is 5.91 Å². The number of amides is 1. The summed E-state index contributed by atoms with van der Waals surface area (Å²) in [6.07, 6.45) is 4.97. The fourth-order valence-electron chi connectivity index (χ4n) is 6.54. The highest BCUT2D eigenvalue weighted by Gasteiger charge is 2.27. The molecule has 6 rings (SSSR count). The molecule has 3 aliphatic rings. The molecule has 0 radical (unpaired) electrons. The van der Waals surface area contributed by atoms with E-state index in [9.17, 15) is 13.2 Å². The maximum Gasteiger partial charge on any atom is 0.271 e. The summed E-state index contributed by atoms with van der Waals surface area (Å²) >= 11 is 0. The Hall–Kier alpha value is -3.98. The third-order valence-corrected chi connectivity index (χ3v) is 9.75. The molecule has 0 unspecified atom stereocenters. The highest BCUT2D eigenvalue weighted by atomic mass is 32.2. The highest BCUT2D eigenvalue weighted by Crippen LogP contribution is 2.33. The van der Waals surface area contributed by atoms with Crippen molar-refractivity contribution in [1.82, 2.24) is 19.8 Å². The Morgan fingerprint density at radius 1 is 0.894 bits per heavy atom. The quantitative estimate of drug-likeness (QED) is 0.253. The van der Waals surface area contributed by atoms with Gasteiger partial charge in [-0.25, -0.2) is 18.4 Å². The number of sulfonamides is 1.